The van der Waals surface area contributed by atoms with Crippen LogP contribution in [0.15, 0.2) is 23.6 Å². The molecule has 19 heavy (non-hydrogen) atoms. The number of rotatable bonds is 3. The minimum Gasteiger partial charge on any atom is -0.399 e. The quantitative estimate of drug-likeness (QED) is 0.665. The molecule has 1 amide bonds. The molecule has 0 atom stereocenters. The Hall–Kier alpha value is -2.21. The Labute approximate surface area is 114 Å². The largest absolute Gasteiger partial charge is 0.399 e. The maximum Gasteiger partial charge on any atom is 0.257 e. The predicted molar refractivity (Wildman–Crippen MR) is 75.7 cm³/mol. The fourth-order valence-electron chi connectivity index (χ4n) is 1.48. The van der Waals surface area contributed by atoms with Crippen molar-refractivity contribution in [3.8, 4) is 0 Å². The molecule has 2 aromatic rings. The molecule has 1 aromatic heterocycles. The monoisotopic (exact) mass is 275 g/mol. The number of nitrogens with two attached hydrogens (primary N) is 1. The van der Waals surface area contributed by atoms with Crippen molar-refractivity contribution >= 4 is 33.8 Å². The van der Waals surface area contributed by atoms with Crippen molar-refractivity contribution in [2.45, 2.75) is 13.8 Å². The molecule has 0 bridgehead atoms. The number of amides is 1. The molecule has 1 aromatic carbocycles. The number of anilines is 2. The number of benzene rings is 1. The normalized spacial score (nSPS) is 10.2. The molecule has 0 radical (unpaired) electrons. The van der Waals surface area contributed by atoms with Gasteiger partial charge in [0.25, 0.3) is 5.91 Å². The number of carbonyl (C=O) groups excluding carboxylic acids is 2. The van der Waals surface area contributed by atoms with Crippen molar-refractivity contribution in [3.63, 3.8) is 0 Å². The first kappa shape index (κ1) is 13.2. The number of hydrogen-bond acceptors (Lipinski definition) is 5. The summed E-state index contributed by atoms with van der Waals surface area (Å²) in [4.78, 5) is 27.1. The summed E-state index contributed by atoms with van der Waals surface area (Å²) < 4.78 is 0. The summed E-state index contributed by atoms with van der Waals surface area (Å²) in [5, 5.41) is 4.68. The fourth-order valence-corrected chi connectivity index (χ4v) is 2.22. The third kappa shape index (κ3) is 2.97. The van der Waals surface area contributed by atoms with Crippen LogP contribution in [0.3, 0.4) is 0 Å². The first-order valence-electron chi connectivity index (χ1n) is 5.61. The molecular formula is C13H13N3O2S. The van der Waals surface area contributed by atoms with E-state index in [0.29, 0.717) is 22.1 Å². The lowest BCUT2D eigenvalue weighted by atomic mass is 10.1. The molecule has 2 rings (SSSR count). The van der Waals surface area contributed by atoms with Crippen molar-refractivity contribution in [2.24, 2.45) is 0 Å². The van der Waals surface area contributed by atoms with Gasteiger partial charge in [0.15, 0.2) is 10.9 Å². The van der Waals surface area contributed by atoms with E-state index < -0.39 is 0 Å². The molecule has 0 spiro atoms. The molecule has 3 N–H and O–H groups in total. The number of aromatic nitrogens is 1. The minimum absolute atomic E-state index is 0.125. The second-order valence-electron chi connectivity index (χ2n) is 4.12. The number of aryl methyl sites for hydroxylation is 1. The van der Waals surface area contributed by atoms with Crippen molar-refractivity contribution in [1.82, 2.24) is 4.98 Å². The first-order valence-corrected chi connectivity index (χ1v) is 6.49. The molecule has 0 saturated carbocycles. The van der Waals surface area contributed by atoms with E-state index in [1.54, 1.807) is 23.6 Å². The van der Waals surface area contributed by atoms with Gasteiger partial charge >= 0.3 is 0 Å². The van der Waals surface area contributed by atoms with Gasteiger partial charge in [0.1, 0.15) is 5.69 Å². The summed E-state index contributed by atoms with van der Waals surface area (Å²) in [6.45, 7) is 3.27. The second-order valence-corrected chi connectivity index (χ2v) is 4.98. The van der Waals surface area contributed by atoms with Crippen molar-refractivity contribution in [2.75, 3.05) is 11.1 Å². The second kappa shape index (κ2) is 5.19. The van der Waals surface area contributed by atoms with Gasteiger partial charge in [-0.05, 0) is 30.7 Å². The highest BCUT2D eigenvalue weighted by atomic mass is 32.1. The smallest absolute Gasteiger partial charge is 0.257 e. The van der Waals surface area contributed by atoms with Crippen LogP contribution < -0.4 is 11.1 Å². The van der Waals surface area contributed by atoms with Gasteiger partial charge < -0.3 is 5.73 Å². The average molecular weight is 275 g/mol. The van der Waals surface area contributed by atoms with Crippen LogP contribution in [0, 0.1) is 6.92 Å². The predicted octanol–water partition coefficient (Wildman–Crippen LogP) is 2.49. The summed E-state index contributed by atoms with van der Waals surface area (Å²) in [5.74, 6) is -0.396. The Balaban J connectivity index is 2.15. The molecule has 0 aliphatic rings. The molecule has 0 unspecified atom stereocenters. The summed E-state index contributed by atoms with van der Waals surface area (Å²) in [5.41, 5.74) is 8.05. The first-order chi connectivity index (χ1) is 8.97. The number of nitrogen functional groups attached to an aromatic ring is 1. The zero-order valence-electron chi connectivity index (χ0n) is 10.6. The van der Waals surface area contributed by atoms with Crippen LogP contribution in [-0.4, -0.2) is 16.7 Å². The average Bonchev–Trinajstić information content (AvgIpc) is 2.81. The Morgan fingerprint density at radius 2 is 2.11 bits per heavy atom. The van der Waals surface area contributed by atoms with Gasteiger partial charge in [-0.25, -0.2) is 4.98 Å². The third-order valence-corrected chi connectivity index (χ3v) is 3.38. The number of thiazole rings is 1. The van der Waals surface area contributed by atoms with Gasteiger partial charge in [-0.3, -0.25) is 14.9 Å². The zero-order chi connectivity index (χ0) is 14.0. The molecule has 0 aliphatic carbocycles. The van der Waals surface area contributed by atoms with Crippen molar-refractivity contribution < 1.29 is 9.59 Å². The number of nitrogens with zero attached hydrogens (tertiary/aromatic N) is 1. The summed E-state index contributed by atoms with van der Waals surface area (Å²) >= 11 is 1.22. The van der Waals surface area contributed by atoms with E-state index in [1.165, 1.54) is 18.3 Å². The third-order valence-electron chi connectivity index (χ3n) is 2.62. The highest BCUT2D eigenvalue weighted by molar-refractivity contribution is 7.14. The summed E-state index contributed by atoms with van der Waals surface area (Å²) in [6, 6.07) is 5.05. The van der Waals surface area contributed by atoms with Crippen molar-refractivity contribution in [3.05, 3.63) is 40.4 Å². The fraction of sp³-hybridized carbons (Fsp3) is 0.154. The van der Waals surface area contributed by atoms with Crippen LogP contribution in [0.1, 0.15) is 33.3 Å². The van der Waals surface area contributed by atoms with Gasteiger partial charge in [0, 0.05) is 23.6 Å². The Morgan fingerprint density at radius 1 is 1.37 bits per heavy atom. The summed E-state index contributed by atoms with van der Waals surface area (Å²) in [7, 11) is 0. The van der Waals surface area contributed by atoms with E-state index in [9.17, 15) is 9.59 Å². The van der Waals surface area contributed by atoms with Gasteiger partial charge in [-0.15, -0.1) is 11.3 Å². The number of ketones is 1. The van der Waals surface area contributed by atoms with Gasteiger partial charge in [-0.2, -0.15) is 0 Å². The zero-order valence-corrected chi connectivity index (χ0v) is 11.4. The Morgan fingerprint density at radius 3 is 2.68 bits per heavy atom. The van der Waals surface area contributed by atoms with E-state index in [2.05, 4.69) is 10.3 Å². The topological polar surface area (TPSA) is 85.1 Å². The van der Waals surface area contributed by atoms with E-state index in [0.717, 1.165) is 5.56 Å². The number of carbonyl (C=O) groups is 2. The van der Waals surface area contributed by atoms with Crippen LogP contribution in [0.5, 0.6) is 0 Å². The maximum absolute atomic E-state index is 12.0. The molecular weight excluding hydrogens is 262 g/mol. The van der Waals surface area contributed by atoms with Gasteiger partial charge in [0.05, 0.1) is 0 Å². The summed E-state index contributed by atoms with van der Waals surface area (Å²) in [6.07, 6.45) is 0. The lowest BCUT2D eigenvalue weighted by molar-refractivity contribution is 0.100. The van der Waals surface area contributed by atoms with E-state index in [4.69, 9.17) is 5.73 Å². The standard InChI is InChI=1S/C13H13N3O2S/c1-7-5-9(3-4-10(7)14)12(18)16-13-15-11(6-19-13)8(2)17/h3-6H,14H2,1-2H3,(H,15,16,18). The SMILES string of the molecule is CC(=O)c1csc(NC(=O)c2ccc(N)c(C)c2)n1. The van der Waals surface area contributed by atoms with Crippen LogP contribution in [0.4, 0.5) is 10.8 Å². The van der Waals surface area contributed by atoms with Crippen LogP contribution in [0.25, 0.3) is 0 Å². The Kier molecular flexibility index (Phi) is 3.62. The minimum atomic E-state index is -0.271. The number of nitrogens with one attached hydrogen (secondary N) is 1. The van der Waals surface area contributed by atoms with Crippen LogP contribution in [0.2, 0.25) is 0 Å². The highest BCUT2D eigenvalue weighted by Gasteiger charge is 2.11. The maximum atomic E-state index is 12.0. The molecule has 0 saturated heterocycles. The molecule has 98 valence electrons. The van der Waals surface area contributed by atoms with Gasteiger partial charge in [0.2, 0.25) is 0 Å². The van der Waals surface area contributed by atoms with E-state index >= 15 is 0 Å². The van der Waals surface area contributed by atoms with Crippen LogP contribution in [-0.2, 0) is 0 Å². The lowest BCUT2D eigenvalue weighted by Gasteiger charge is -2.04. The number of Topliss-reactive ketones (excluding diaryl/α,β-unsaturated/α-hetero) is 1. The lowest BCUT2D eigenvalue weighted by Crippen LogP contribution is -2.12. The van der Waals surface area contributed by atoms with Gasteiger partial charge in [-0.1, -0.05) is 0 Å². The molecule has 5 nitrogen and oxygen atoms in total. The van der Waals surface area contributed by atoms with Crippen molar-refractivity contribution in [1.29, 1.82) is 0 Å². The highest BCUT2D eigenvalue weighted by Crippen LogP contribution is 2.18. The van der Waals surface area contributed by atoms with Crippen LogP contribution >= 0.6 is 11.3 Å². The Bertz CT molecular complexity index is 649. The molecule has 6 heteroatoms. The molecule has 1 heterocycles. The molecule has 0 fully saturated rings. The van der Waals surface area contributed by atoms with E-state index in [1.807, 2.05) is 6.92 Å². The molecule has 0 aliphatic heterocycles. The number of hydrogen-bond donors (Lipinski definition) is 2. The van der Waals surface area contributed by atoms with E-state index in [-0.39, 0.29) is 11.7 Å².